The summed E-state index contributed by atoms with van der Waals surface area (Å²) in [4.78, 5) is 6.85. The van der Waals surface area contributed by atoms with Gasteiger partial charge in [0, 0.05) is 31.5 Å². The number of rotatable bonds is 9. The highest BCUT2D eigenvalue weighted by Crippen LogP contribution is 2.12. The minimum absolute atomic E-state index is 0.512. The van der Waals surface area contributed by atoms with E-state index < -0.39 is 0 Å². The van der Waals surface area contributed by atoms with Gasteiger partial charge in [-0.15, -0.1) is 22.9 Å². The Hall–Kier alpha value is -0.160. The van der Waals surface area contributed by atoms with Gasteiger partial charge in [-0.25, -0.2) is 4.98 Å². The maximum Gasteiger partial charge on any atom is 0.0941 e. The third-order valence-corrected chi connectivity index (χ3v) is 3.81. The van der Waals surface area contributed by atoms with Crippen molar-refractivity contribution in [3.63, 3.8) is 0 Å². The molecule has 98 valence electrons. The van der Waals surface area contributed by atoms with Gasteiger partial charge in [-0.05, 0) is 13.5 Å². The number of thiazole rings is 1. The normalized spacial score (nSPS) is 11.3. The monoisotopic (exact) mass is 276 g/mol. The molecule has 17 heavy (non-hydrogen) atoms. The van der Waals surface area contributed by atoms with Crippen LogP contribution in [-0.2, 0) is 17.0 Å². The molecule has 0 radical (unpaired) electrons. The lowest BCUT2D eigenvalue weighted by atomic mass is 10.4. The van der Waals surface area contributed by atoms with Crippen molar-refractivity contribution in [3.8, 4) is 0 Å². The number of likely N-dealkylation sites (N-methyl/N-ethyl adjacent to an activating group) is 1. The molecule has 0 amide bonds. The first-order valence-corrected chi connectivity index (χ1v) is 7.50. The predicted molar refractivity (Wildman–Crippen MR) is 74.0 cm³/mol. The number of nitrogens with zero attached hydrogens (tertiary/aromatic N) is 2. The van der Waals surface area contributed by atoms with Crippen LogP contribution in [0.4, 0.5) is 0 Å². The van der Waals surface area contributed by atoms with Gasteiger partial charge in [0.05, 0.1) is 23.2 Å². The summed E-state index contributed by atoms with van der Waals surface area (Å²) in [5.41, 5.74) is 0.990. The van der Waals surface area contributed by atoms with Gasteiger partial charge in [-0.2, -0.15) is 0 Å². The summed E-state index contributed by atoms with van der Waals surface area (Å²) < 4.78 is 5.37. The maximum absolute atomic E-state index is 5.73. The summed E-state index contributed by atoms with van der Waals surface area (Å²) in [6.45, 7) is 8.91. The maximum atomic E-state index is 5.73. The molecular weight excluding hydrogens is 256 g/mol. The van der Waals surface area contributed by atoms with Crippen LogP contribution in [0.1, 0.15) is 24.5 Å². The van der Waals surface area contributed by atoms with Crippen LogP contribution in [0.5, 0.6) is 0 Å². The second-order valence-corrected chi connectivity index (χ2v) is 4.96. The molecule has 0 aliphatic rings. The molecule has 0 aromatic carbocycles. The Labute approximate surface area is 113 Å². The number of ether oxygens (including phenoxy) is 1. The minimum atomic E-state index is 0.512. The number of alkyl halides is 1. The van der Waals surface area contributed by atoms with E-state index in [2.05, 4.69) is 16.8 Å². The van der Waals surface area contributed by atoms with E-state index in [9.17, 15) is 0 Å². The lowest BCUT2D eigenvalue weighted by Gasteiger charge is -2.19. The van der Waals surface area contributed by atoms with Crippen molar-refractivity contribution in [2.24, 2.45) is 0 Å². The van der Waals surface area contributed by atoms with Gasteiger partial charge in [-0.1, -0.05) is 6.92 Å². The highest BCUT2D eigenvalue weighted by atomic mass is 35.5. The van der Waals surface area contributed by atoms with Gasteiger partial charge in [0.2, 0.25) is 0 Å². The van der Waals surface area contributed by atoms with Crippen LogP contribution < -0.4 is 0 Å². The molecule has 0 aliphatic carbocycles. The van der Waals surface area contributed by atoms with E-state index in [1.54, 1.807) is 11.3 Å². The average Bonchev–Trinajstić information content (AvgIpc) is 2.81. The molecule has 0 fully saturated rings. The third kappa shape index (κ3) is 5.82. The molecule has 0 N–H and O–H groups in total. The molecule has 0 atom stereocenters. The molecule has 0 aliphatic heterocycles. The van der Waals surface area contributed by atoms with E-state index in [1.165, 1.54) is 5.01 Å². The van der Waals surface area contributed by atoms with Crippen molar-refractivity contribution in [1.82, 2.24) is 9.88 Å². The highest BCUT2D eigenvalue weighted by molar-refractivity contribution is 7.09. The Morgan fingerprint density at radius 2 is 2.24 bits per heavy atom. The zero-order chi connectivity index (χ0) is 12.5. The quantitative estimate of drug-likeness (QED) is 0.512. The Balaban J connectivity index is 2.26. The van der Waals surface area contributed by atoms with Crippen LogP contribution in [0.15, 0.2) is 5.38 Å². The van der Waals surface area contributed by atoms with Crippen LogP contribution in [0.2, 0.25) is 0 Å². The summed E-state index contributed by atoms with van der Waals surface area (Å²) in [7, 11) is 0. The zero-order valence-electron chi connectivity index (χ0n) is 10.6. The van der Waals surface area contributed by atoms with Crippen molar-refractivity contribution in [3.05, 3.63) is 16.1 Å². The summed E-state index contributed by atoms with van der Waals surface area (Å²) in [5.74, 6) is 0.512. The molecule has 0 unspecified atom stereocenters. The SMILES string of the molecule is CCOCCN(CC)CCc1nc(CCl)cs1. The van der Waals surface area contributed by atoms with Crippen LogP contribution in [0.3, 0.4) is 0 Å². The fourth-order valence-electron chi connectivity index (χ4n) is 1.54. The fourth-order valence-corrected chi connectivity index (χ4v) is 2.56. The largest absolute Gasteiger partial charge is 0.380 e. The first-order valence-electron chi connectivity index (χ1n) is 6.09. The van der Waals surface area contributed by atoms with Crippen LogP contribution in [0.25, 0.3) is 0 Å². The van der Waals surface area contributed by atoms with E-state index >= 15 is 0 Å². The van der Waals surface area contributed by atoms with Gasteiger partial charge < -0.3 is 9.64 Å². The summed E-state index contributed by atoms with van der Waals surface area (Å²) in [5, 5.41) is 3.22. The zero-order valence-corrected chi connectivity index (χ0v) is 12.2. The standard InChI is InChI=1S/C12H21ClN2OS/c1-3-15(7-8-16-4-2)6-5-12-14-11(9-13)10-17-12/h10H,3-9H2,1-2H3. The van der Waals surface area contributed by atoms with Gasteiger partial charge in [-0.3, -0.25) is 0 Å². The molecule has 1 rings (SSSR count). The third-order valence-electron chi connectivity index (χ3n) is 2.58. The second kappa shape index (κ2) is 8.86. The van der Waals surface area contributed by atoms with Gasteiger partial charge in [0.25, 0.3) is 0 Å². The number of hydrogen-bond donors (Lipinski definition) is 0. The molecular formula is C12H21ClN2OS. The van der Waals surface area contributed by atoms with E-state index in [-0.39, 0.29) is 0 Å². The minimum Gasteiger partial charge on any atom is -0.380 e. The summed E-state index contributed by atoms with van der Waals surface area (Å²) in [6, 6.07) is 0. The van der Waals surface area contributed by atoms with Crippen LogP contribution in [0, 0.1) is 0 Å². The van der Waals surface area contributed by atoms with Gasteiger partial charge >= 0.3 is 0 Å². The first kappa shape index (κ1) is 14.9. The Morgan fingerprint density at radius 1 is 1.41 bits per heavy atom. The van der Waals surface area contributed by atoms with E-state index in [0.717, 1.165) is 45.0 Å². The molecule has 0 bridgehead atoms. The van der Waals surface area contributed by atoms with Crippen molar-refractivity contribution >= 4 is 22.9 Å². The first-order chi connectivity index (χ1) is 8.30. The van der Waals surface area contributed by atoms with Crippen molar-refractivity contribution in [2.45, 2.75) is 26.1 Å². The molecule has 1 aromatic heterocycles. The summed E-state index contributed by atoms with van der Waals surface area (Å²) in [6.07, 6.45) is 1.00. The molecule has 1 aromatic rings. The predicted octanol–water partition coefficient (Wildman–Crippen LogP) is 2.78. The topological polar surface area (TPSA) is 25.4 Å². The van der Waals surface area contributed by atoms with Crippen molar-refractivity contribution in [2.75, 3.05) is 32.8 Å². The molecule has 0 saturated carbocycles. The lowest BCUT2D eigenvalue weighted by Crippen LogP contribution is -2.29. The van der Waals surface area contributed by atoms with Crippen LogP contribution >= 0.6 is 22.9 Å². The average molecular weight is 277 g/mol. The highest BCUT2D eigenvalue weighted by Gasteiger charge is 2.05. The molecule has 0 saturated heterocycles. The van der Waals surface area contributed by atoms with Crippen molar-refractivity contribution in [1.29, 1.82) is 0 Å². The second-order valence-electron chi connectivity index (χ2n) is 3.75. The lowest BCUT2D eigenvalue weighted by molar-refractivity contribution is 0.115. The Bertz CT molecular complexity index is 306. The van der Waals surface area contributed by atoms with E-state index in [0.29, 0.717) is 5.88 Å². The van der Waals surface area contributed by atoms with E-state index in [1.807, 2.05) is 12.3 Å². The van der Waals surface area contributed by atoms with Crippen LogP contribution in [-0.4, -0.2) is 42.7 Å². The molecule has 5 heteroatoms. The van der Waals surface area contributed by atoms with E-state index in [4.69, 9.17) is 16.3 Å². The van der Waals surface area contributed by atoms with Gasteiger partial charge in [0.1, 0.15) is 0 Å². The smallest absolute Gasteiger partial charge is 0.0941 e. The molecule has 1 heterocycles. The van der Waals surface area contributed by atoms with Crippen molar-refractivity contribution < 1.29 is 4.74 Å². The Morgan fingerprint density at radius 3 is 2.82 bits per heavy atom. The Kier molecular flexibility index (Phi) is 7.77. The molecule has 0 spiro atoms. The number of aromatic nitrogens is 1. The number of halogens is 1. The number of hydrogen-bond acceptors (Lipinski definition) is 4. The fraction of sp³-hybridized carbons (Fsp3) is 0.750. The van der Waals surface area contributed by atoms with Gasteiger partial charge in [0.15, 0.2) is 0 Å². The molecule has 3 nitrogen and oxygen atoms in total. The summed E-state index contributed by atoms with van der Waals surface area (Å²) >= 11 is 7.43.